The first-order chi connectivity index (χ1) is 10.1. The van der Waals surface area contributed by atoms with Gasteiger partial charge in [-0.2, -0.15) is 0 Å². The Morgan fingerprint density at radius 1 is 1.33 bits per heavy atom. The van der Waals surface area contributed by atoms with Crippen LogP contribution in [0.25, 0.3) is 11.3 Å². The molecule has 4 nitrogen and oxygen atoms in total. The number of nitrogens with zero attached hydrogens (tertiary/aromatic N) is 1. The van der Waals surface area contributed by atoms with Crippen LogP contribution in [0.5, 0.6) is 0 Å². The second kappa shape index (κ2) is 5.37. The van der Waals surface area contributed by atoms with Crippen molar-refractivity contribution in [2.45, 2.75) is 26.3 Å². The van der Waals surface area contributed by atoms with Gasteiger partial charge in [-0.25, -0.2) is 0 Å². The molecule has 2 heterocycles. The fourth-order valence-corrected chi connectivity index (χ4v) is 2.77. The molecule has 1 atom stereocenters. The molecular weight excluding hydrogens is 264 g/mol. The molecular formula is C17H20N2O2. The van der Waals surface area contributed by atoms with Gasteiger partial charge in [0, 0.05) is 24.7 Å². The van der Waals surface area contributed by atoms with Crippen LogP contribution in [0.2, 0.25) is 0 Å². The third kappa shape index (κ3) is 2.47. The van der Waals surface area contributed by atoms with Crippen LogP contribution in [0.3, 0.4) is 0 Å². The molecule has 0 saturated heterocycles. The number of amides is 1. The Morgan fingerprint density at radius 2 is 2.14 bits per heavy atom. The fourth-order valence-electron chi connectivity index (χ4n) is 2.77. The monoisotopic (exact) mass is 284 g/mol. The molecule has 1 amide bonds. The molecule has 0 saturated carbocycles. The molecule has 1 aliphatic heterocycles. The van der Waals surface area contributed by atoms with Gasteiger partial charge in [0.15, 0.2) is 0 Å². The molecule has 1 unspecified atom stereocenters. The Morgan fingerprint density at radius 3 is 2.86 bits per heavy atom. The van der Waals surface area contributed by atoms with Crippen molar-refractivity contribution in [2.24, 2.45) is 0 Å². The number of nitrogens with one attached hydrogen (secondary N) is 1. The van der Waals surface area contributed by atoms with E-state index in [4.69, 9.17) is 4.42 Å². The number of hydrogen-bond acceptors (Lipinski definition) is 3. The lowest BCUT2D eigenvalue weighted by Gasteiger charge is -2.14. The summed E-state index contributed by atoms with van der Waals surface area (Å²) in [4.78, 5) is 13.4. The SMILES string of the molecule is CNC(C)c1ccc(-c2ccc3c(c2)CCN3C(C)=O)o1. The number of benzene rings is 1. The van der Waals surface area contributed by atoms with E-state index in [0.29, 0.717) is 0 Å². The summed E-state index contributed by atoms with van der Waals surface area (Å²) in [5, 5.41) is 3.17. The van der Waals surface area contributed by atoms with Crippen LogP contribution in [-0.2, 0) is 11.2 Å². The van der Waals surface area contributed by atoms with Crippen molar-refractivity contribution in [1.29, 1.82) is 0 Å². The van der Waals surface area contributed by atoms with Crippen molar-refractivity contribution < 1.29 is 9.21 Å². The summed E-state index contributed by atoms with van der Waals surface area (Å²) in [5.41, 5.74) is 3.30. The minimum absolute atomic E-state index is 0.102. The standard InChI is InChI=1S/C17H20N2O2/c1-11(18-3)16-6-7-17(21-16)14-4-5-15-13(10-14)8-9-19(15)12(2)20/h4-7,10-11,18H,8-9H2,1-3H3. The highest BCUT2D eigenvalue weighted by atomic mass is 16.3. The van der Waals surface area contributed by atoms with Crippen molar-refractivity contribution in [3.05, 3.63) is 41.7 Å². The van der Waals surface area contributed by atoms with Crippen LogP contribution in [0.1, 0.15) is 31.2 Å². The Labute approximate surface area is 124 Å². The Bertz CT molecular complexity index is 675. The van der Waals surface area contributed by atoms with Crippen LogP contribution >= 0.6 is 0 Å². The zero-order valence-electron chi connectivity index (χ0n) is 12.6. The van der Waals surface area contributed by atoms with E-state index in [1.165, 1.54) is 5.56 Å². The lowest BCUT2D eigenvalue weighted by molar-refractivity contribution is -0.116. The van der Waals surface area contributed by atoms with Gasteiger partial charge in [0.05, 0.1) is 6.04 Å². The van der Waals surface area contributed by atoms with Crippen LogP contribution in [0, 0.1) is 0 Å². The van der Waals surface area contributed by atoms with E-state index in [1.54, 1.807) is 6.92 Å². The summed E-state index contributed by atoms with van der Waals surface area (Å²) in [7, 11) is 1.92. The predicted octanol–water partition coefficient (Wildman–Crippen LogP) is 3.14. The molecule has 0 fully saturated rings. The maximum atomic E-state index is 11.6. The van der Waals surface area contributed by atoms with Gasteiger partial charge >= 0.3 is 0 Å². The first-order valence-electron chi connectivity index (χ1n) is 7.28. The van der Waals surface area contributed by atoms with E-state index in [9.17, 15) is 4.79 Å². The van der Waals surface area contributed by atoms with E-state index < -0.39 is 0 Å². The average molecular weight is 284 g/mol. The summed E-state index contributed by atoms with van der Waals surface area (Å²) in [5.74, 6) is 1.90. The highest BCUT2D eigenvalue weighted by molar-refractivity contribution is 5.94. The largest absolute Gasteiger partial charge is 0.459 e. The van der Waals surface area contributed by atoms with Crippen LogP contribution < -0.4 is 10.2 Å². The summed E-state index contributed by atoms with van der Waals surface area (Å²) in [6.45, 7) is 4.45. The summed E-state index contributed by atoms with van der Waals surface area (Å²) >= 11 is 0. The molecule has 2 aromatic rings. The maximum Gasteiger partial charge on any atom is 0.223 e. The van der Waals surface area contributed by atoms with Gasteiger partial charge in [-0.3, -0.25) is 4.79 Å². The third-order valence-corrected chi connectivity index (χ3v) is 4.13. The number of fused-ring (bicyclic) bond motifs is 1. The van der Waals surface area contributed by atoms with E-state index in [0.717, 1.165) is 35.7 Å². The van der Waals surface area contributed by atoms with Crippen molar-refractivity contribution >= 4 is 11.6 Å². The van der Waals surface area contributed by atoms with E-state index in [2.05, 4.69) is 18.3 Å². The van der Waals surface area contributed by atoms with Gasteiger partial charge < -0.3 is 14.6 Å². The Hall–Kier alpha value is -2.07. The van der Waals surface area contributed by atoms with Crippen LogP contribution in [0.4, 0.5) is 5.69 Å². The Kier molecular flexibility index (Phi) is 3.55. The number of carbonyl (C=O) groups is 1. The quantitative estimate of drug-likeness (QED) is 0.942. The van der Waals surface area contributed by atoms with E-state index in [1.807, 2.05) is 36.2 Å². The van der Waals surface area contributed by atoms with Gasteiger partial charge in [-0.05, 0) is 56.3 Å². The molecule has 1 aromatic heterocycles. The smallest absolute Gasteiger partial charge is 0.223 e. The summed E-state index contributed by atoms with van der Waals surface area (Å²) in [6.07, 6.45) is 0.906. The molecule has 0 bridgehead atoms. The molecule has 0 aliphatic carbocycles. The number of carbonyl (C=O) groups excluding carboxylic acids is 1. The normalized spacial score (nSPS) is 15.1. The topological polar surface area (TPSA) is 45.5 Å². The minimum Gasteiger partial charge on any atom is -0.459 e. The number of furan rings is 1. The second-order valence-corrected chi connectivity index (χ2v) is 5.48. The molecule has 1 aromatic carbocycles. The van der Waals surface area contributed by atoms with Crippen molar-refractivity contribution in [3.63, 3.8) is 0 Å². The zero-order valence-corrected chi connectivity index (χ0v) is 12.6. The van der Waals surface area contributed by atoms with Gasteiger partial charge in [0.2, 0.25) is 5.91 Å². The first kappa shape index (κ1) is 13.9. The van der Waals surface area contributed by atoms with Gasteiger partial charge in [-0.15, -0.1) is 0 Å². The lowest BCUT2D eigenvalue weighted by atomic mass is 10.1. The fraction of sp³-hybridized carbons (Fsp3) is 0.353. The van der Waals surface area contributed by atoms with Gasteiger partial charge in [-0.1, -0.05) is 0 Å². The molecule has 3 rings (SSSR count). The lowest BCUT2D eigenvalue weighted by Crippen LogP contribution is -2.25. The van der Waals surface area contributed by atoms with Crippen molar-refractivity contribution in [1.82, 2.24) is 5.32 Å². The van der Waals surface area contributed by atoms with Crippen molar-refractivity contribution in [3.8, 4) is 11.3 Å². The number of anilines is 1. The molecule has 0 radical (unpaired) electrons. The molecule has 0 spiro atoms. The molecule has 1 aliphatic rings. The number of rotatable bonds is 3. The third-order valence-electron chi connectivity index (χ3n) is 4.13. The first-order valence-corrected chi connectivity index (χ1v) is 7.28. The predicted molar refractivity (Wildman–Crippen MR) is 83.3 cm³/mol. The summed E-state index contributed by atoms with van der Waals surface area (Å²) in [6, 6.07) is 10.4. The zero-order chi connectivity index (χ0) is 15.0. The highest BCUT2D eigenvalue weighted by Crippen LogP contribution is 2.33. The van der Waals surface area contributed by atoms with E-state index in [-0.39, 0.29) is 11.9 Å². The molecule has 21 heavy (non-hydrogen) atoms. The molecule has 4 heteroatoms. The van der Waals surface area contributed by atoms with Crippen LogP contribution in [-0.4, -0.2) is 19.5 Å². The van der Waals surface area contributed by atoms with Crippen LogP contribution in [0.15, 0.2) is 34.7 Å². The molecule has 1 N–H and O–H groups in total. The van der Waals surface area contributed by atoms with Gasteiger partial charge in [0.1, 0.15) is 11.5 Å². The maximum absolute atomic E-state index is 11.6. The second-order valence-electron chi connectivity index (χ2n) is 5.48. The highest BCUT2D eigenvalue weighted by Gasteiger charge is 2.22. The molecule has 110 valence electrons. The average Bonchev–Trinajstić information content (AvgIpc) is 3.12. The van der Waals surface area contributed by atoms with E-state index >= 15 is 0 Å². The van der Waals surface area contributed by atoms with Gasteiger partial charge in [0.25, 0.3) is 0 Å². The summed E-state index contributed by atoms with van der Waals surface area (Å²) < 4.78 is 5.91. The Balaban J connectivity index is 1.91. The minimum atomic E-state index is 0.102. The number of hydrogen-bond donors (Lipinski definition) is 1. The van der Waals surface area contributed by atoms with Crippen molar-refractivity contribution in [2.75, 3.05) is 18.5 Å².